The van der Waals surface area contributed by atoms with E-state index < -0.39 is 5.92 Å². The second-order valence-electron chi connectivity index (χ2n) is 4.06. The predicted octanol–water partition coefficient (Wildman–Crippen LogP) is 2.57. The lowest BCUT2D eigenvalue weighted by Gasteiger charge is -2.26. The van der Waals surface area contributed by atoms with Crippen LogP contribution >= 0.6 is 0 Å². The molecular formula is C12H22N2O. The van der Waals surface area contributed by atoms with Gasteiger partial charge in [0, 0.05) is 13.1 Å². The molecule has 0 N–H and O–H groups in total. The van der Waals surface area contributed by atoms with Crippen LogP contribution in [0.4, 0.5) is 0 Å². The highest BCUT2D eigenvalue weighted by atomic mass is 16.2. The van der Waals surface area contributed by atoms with Crippen molar-refractivity contribution in [3.63, 3.8) is 0 Å². The third-order valence-electron chi connectivity index (χ3n) is 2.75. The van der Waals surface area contributed by atoms with Crippen LogP contribution in [0.2, 0.25) is 0 Å². The fourth-order valence-electron chi connectivity index (χ4n) is 1.61. The van der Waals surface area contributed by atoms with Crippen LogP contribution in [-0.2, 0) is 4.79 Å². The van der Waals surface area contributed by atoms with Crippen molar-refractivity contribution in [2.75, 3.05) is 7.05 Å². The molecule has 0 bridgehead atoms. The molecular weight excluding hydrogens is 188 g/mol. The molecule has 0 fully saturated rings. The van der Waals surface area contributed by atoms with Crippen molar-refractivity contribution >= 4 is 5.91 Å². The van der Waals surface area contributed by atoms with Crippen LogP contribution in [-0.4, -0.2) is 23.9 Å². The van der Waals surface area contributed by atoms with E-state index in [0.29, 0.717) is 6.42 Å². The molecule has 0 radical (unpaired) electrons. The first-order valence-electron chi connectivity index (χ1n) is 5.74. The molecule has 0 saturated heterocycles. The Morgan fingerprint density at radius 3 is 2.27 bits per heavy atom. The van der Waals surface area contributed by atoms with Crippen LogP contribution in [0.25, 0.3) is 0 Å². The Hall–Kier alpha value is -1.04. The van der Waals surface area contributed by atoms with Crippen LogP contribution in [0.3, 0.4) is 0 Å². The molecule has 0 aromatic heterocycles. The van der Waals surface area contributed by atoms with Gasteiger partial charge in [-0.25, -0.2) is 0 Å². The molecule has 2 atom stereocenters. The Morgan fingerprint density at radius 2 is 1.87 bits per heavy atom. The number of nitriles is 1. The highest BCUT2D eigenvalue weighted by Gasteiger charge is 2.23. The summed E-state index contributed by atoms with van der Waals surface area (Å²) < 4.78 is 0. The molecule has 0 aromatic rings. The molecule has 0 aliphatic heterocycles. The Labute approximate surface area is 93.1 Å². The average Bonchev–Trinajstić information content (AvgIpc) is 2.24. The van der Waals surface area contributed by atoms with Crippen LogP contribution < -0.4 is 0 Å². The summed E-state index contributed by atoms with van der Waals surface area (Å²) >= 11 is 0. The van der Waals surface area contributed by atoms with Crippen molar-refractivity contribution in [3.05, 3.63) is 0 Å². The van der Waals surface area contributed by atoms with Crippen LogP contribution in [0.5, 0.6) is 0 Å². The first-order valence-corrected chi connectivity index (χ1v) is 5.74. The number of hydrogen-bond acceptors (Lipinski definition) is 2. The maximum absolute atomic E-state index is 11.9. The van der Waals surface area contributed by atoms with Crippen molar-refractivity contribution in [1.82, 2.24) is 4.90 Å². The number of carbonyl (C=O) groups is 1. The van der Waals surface area contributed by atoms with Crippen molar-refractivity contribution in [2.45, 2.75) is 52.5 Å². The molecule has 0 heterocycles. The Kier molecular flexibility index (Phi) is 6.77. The summed E-state index contributed by atoms with van der Waals surface area (Å²) in [6.45, 7) is 6.12. The highest BCUT2D eigenvalue weighted by Crippen LogP contribution is 2.12. The molecule has 0 rings (SSSR count). The third-order valence-corrected chi connectivity index (χ3v) is 2.75. The second-order valence-corrected chi connectivity index (χ2v) is 4.06. The molecule has 3 nitrogen and oxygen atoms in total. The summed E-state index contributed by atoms with van der Waals surface area (Å²) in [5.74, 6) is -0.486. The summed E-state index contributed by atoms with van der Waals surface area (Å²) in [5.41, 5.74) is 0. The van der Waals surface area contributed by atoms with E-state index >= 15 is 0 Å². The number of amides is 1. The third kappa shape index (κ3) is 4.33. The standard InChI is InChI=1S/C12H22N2O/c1-5-7-10(3)14(4)12(15)11(9-13)8-6-2/h10-11H,5-8H2,1-4H3. The van der Waals surface area contributed by atoms with Gasteiger partial charge in [0.1, 0.15) is 5.92 Å². The van der Waals surface area contributed by atoms with Crippen molar-refractivity contribution < 1.29 is 4.79 Å². The summed E-state index contributed by atoms with van der Waals surface area (Å²) in [6, 6.07) is 2.32. The molecule has 0 aliphatic rings. The second kappa shape index (κ2) is 7.28. The van der Waals surface area contributed by atoms with Crippen molar-refractivity contribution in [2.24, 2.45) is 5.92 Å². The van der Waals surface area contributed by atoms with Gasteiger partial charge in [-0.15, -0.1) is 0 Å². The number of nitrogens with zero attached hydrogens (tertiary/aromatic N) is 2. The minimum absolute atomic E-state index is 0.0275. The van der Waals surface area contributed by atoms with E-state index in [1.807, 2.05) is 13.8 Å². The normalized spacial score (nSPS) is 14.1. The number of carbonyl (C=O) groups excluding carboxylic acids is 1. The van der Waals surface area contributed by atoms with Crippen LogP contribution in [0, 0.1) is 17.2 Å². The Bertz CT molecular complexity index is 232. The van der Waals surface area contributed by atoms with E-state index in [0.717, 1.165) is 19.3 Å². The van der Waals surface area contributed by atoms with E-state index in [1.165, 1.54) is 0 Å². The smallest absolute Gasteiger partial charge is 0.239 e. The molecule has 0 spiro atoms. The van der Waals surface area contributed by atoms with Crippen LogP contribution in [0.15, 0.2) is 0 Å². The minimum Gasteiger partial charge on any atom is -0.342 e. The molecule has 86 valence electrons. The molecule has 0 aromatic carbocycles. The first-order chi connectivity index (χ1) is 7.08. The van der Waals surface area contributed by atoms with Gasteiger partial charge in [-0.05, 0) is 19.8 Å². The van der Waals surface area contributed by atoms with E-state index in [2.05, 4.69) is 13.0 Å². The summed E-state index contributed by atoms with van der Waals surface area (Å²) in [5, 5.41) is 8.89. The quantitative estimate of drug-likeness (QED) is 0.676. The Balaban J connectivity index is 4.34. The first kappa shape index (κ1) is 14.0. The lowest BCUT2D eigenvalue weighted by Crippen LogP contribution is -2.38. The average molecular weight is 210 g/mol. The predicted molar refractivity (Wildman–Crippen MR) is 61.2 cm³/mol. The van der Waals surface area contributed by atoms with Crippen molar-refractivity contribution in [3.8, 4) is 6.07 Å². The van der Waals surface area contributed by atoms with E-state index in [1.54, 1.807) is 11.9 Å². The van der Waals surface area contributed by atoms with Gasteiger partial charge in [-0.3, -0.25) is 4.79 Å². The molecule has 0 aliphatic carbocycles. The van der Waals surface area contributed by atoms with E-state index in [-0.39, 0.29) is 11.9 Å². The fraction of sp³-hybridized carbons (Fsp3) is 0.833. The van der Waals surface area contributed by atoms with Gasteiger partial charge in [0.15, 0.2) is 0 Å². The highest BCUT2D eigenvalue weighted by molar-refractivity contribution is 5.81. The van der Waals surface area contributed by atoms with Gasteiger partial charge in [-0.1, -0.05) is 26.7 Å². The zero-order chi connectivity index (χ0) is 11.8. The van der Waals surface area contributed by atoms with Crippen LogP contribution in [0.1, 0.15) is 46.5 Å². The summed E-state index contributed by atoms with van der Waals surface area (Å²) in [6.07, 6.45) is 3.59. The minimum atomic E-state index is -0.459. The zero-order valence-electron chi connectivity index (χ0n) is 10.3. The maximum Gasteiger partial charge on any atom is 0.239 e. The monoisotopic (exact) mass is 210 g/mol. The fourth-order valence-corrected chi connectivity index (χ4v) is 1.61. The molecule has 3 heteroatoms. The largest absolute Gasteiger partial charge is 0.342 e. The van der Waals surface area contributed by atoms with Gasteiger partial charge in [0.25, 0.3) is 0 Å². The van der Waals surface area contributed by atoms with E-state index in [9.17, 15) is 4.79 Å². The molecule has 15 heavy (non-hydrogen) atoms. The summed E-state index contributed by atoms with van der Waals surface area (Å²) in [4.78, 5) is 13.6. The lowest BCUT2D eigenvalue weighted by molar-refractivity contribution is -0.134. The van der Waals surface area contributed by atoms with Gasteiger partial charge in [0.05, 0.1) is 6.07 Å². The SMILES string of the molecule is CCCC(C#N)C(=O)N(C)C(C)CCC. The molecule has 2 unspecified atom stereocenters. The molecule has 1 amide bonds. The van der Waals surface area contributed by atoms with Gasteiger partial charge in [0.2, 0.25) is 5.91 Å². The summed E-state index contributed by atoms with van der Waals surface area (Å²) in [7, 11) is 1.79. The number of hydrogen-bond donors (Lipinski definition) is 0. The lowest BCUT2D eigenvalue weighted by atomic mass is 10.0. The van der Waals surface area contributed by atoms with E-state index in [4.69, 9.17) is 5.26 Å². The van der Waals surface area contributed by atoms with Crippen molar-refractivity contribution in [1.29, 1.82) is 5.26 Å². The Morgan fingerprint density at radius 1 is 1.33 bits per heavy atom. The zero-order valence-corrected chi connectivity index (χ0v) is 10.3. The number of rotatable bonds is 6. The van der Waals surface area contributed by atoms with Gasteiger partial charge in [-0.2, -0.15) is 5.26 Å². The van der Waals surface area contributed by atoms with Gasteiger partial charge < -0.3 is 4.90 Å². The van der Waals surface area contributed by atoms with Gasteiger partial charge >= 0.3 is 0 Å². The maximum atomic E-state index is 11.9. The molecule has 0 saturated carbocycles. The topological polar surface area (TPSA) is 44.1 Å².